The van der Waals surface area contributed by atoms with Gasteiger partial charge in [0.2, 0.25) is 0 Å². The summed E-state index contributed by atoms with van der Waals surface area (Å²) in [6.45, 7) is 1.28. The molecule has 0 aromatic heterocycles. The molecule has 1 fully saturated rings. The second-order valence-corrected chi connectivity index (χ2v) is 6.38. The standard InChI is InChI=1S/C17H18F6N2O4/c1-9-13(25-15(27)17(21,22)23)11(24-14(26)16(18,19)20)7-12(29-9)28-8-10-5-3-2-4-6-10/h2-6,9,11-13H,7-8H2,1H3,(H,24,26)(H,25,27)/t9-,11-,12+,13+/m0/s1. The molecule has 1 aliphatic heterocycles. The van der Waals surface area contributed by atoms with E-state index in [-0.39, 0.29) is 6.61 Å². The number of alkyl halides is 6. The molecule has 4 atom stereocenters. The van der Waals surface area contributed by atoms with Crippen molar-refractivity contribution < 1.29 is 45.4 Å². The maximum Gasteiger partial charge on any atom is 0.471 e. The van der Waals surface area contributed by atoms with Gasteiger partial charge >= 0.3 is 24.2 Å². The summed E-state index contributed by atoms with van der Waals surface area (Å²) in [6, 6.07) is 5.63. The zero-order valence-corrected chi connectivity index (χ0v) is 15.0. The maximum absolute atomic E-state index is 12.6. The van der Waals surface area contributed by atoms with E-state index in [9.17, 15) is 35.9 Å². The molecular formula is C17H18F6N2O4. The second-order valence-electron chi connectivity index (χ2n) is 6.38. The molecule has 1 heterocycles. The van der Waals surface area contributed by atoms with Gasteiger partial charge in [-0.15, -0.1) is 0 Å². The first-order valence-electron chi connectivity index (χ1n) is 8.44. The van der Waals surface area contributed by atoms with Crippen molar-refractivity contribution in [3.05, 3.63) is 35.9 Å². The van der Waals surface area contributed by atoms with Crippen molar-refractivity contribution in [1.29, 1.82) is 0 Å². The third-order valence-electron chi connectivity index (χ3n) is 4.16. The Bertz CT molecular complexity index is 710. The third kappa shape index (κ3) is 6.60. The Labute approximate surface area is 161 Å². The Kier molecular flexibility index (Phi) is 7.11. The van der Waals surface area contributed by atoms with Crippen molar-refractivity contribution in [1.82, 2.24) is 10.6 Å². The Balaban J connectivity index is 2.12. The first-order chi connectivity index (χ1) is 13.4. The molecule has 0 aliphatic carbocycles. The van der Waals surface area contributed by atoms with E-state index < -0.39 is 55.1 Å². The van der Waals surface area contributed by atoms with Crippen molar-refractivity contribution in [2.45, 2.75) is 56.8 Å². The molecule has 0 saturated carbocycles. The second kappa shape index (κ2) is 8.99. The summed E-state index contributed by atoms with van der Waals surface area (Å²) in [5, 5.41) is 3.20. The average Bonchev–Trinajstić information content (AvgIpc) is 2.61. The van der Waals surface area contributed by atoms with Gasteiger partial charge in [0.15, 0.2) is 6.29 Å². The van der Waals surface area contributed by atoms with Gasteiger partial charge < -0.3 is 20.1 Å². The molecule has 1 saturated heterocycles. The van der Waals surface area contributed by atoms with Gasteiger partial charge in [-0.25, -0.2) is 0 Å². The van der Waals surface area contributed by atoms with E-state index in [1.165, 1.54) is 6.92 Å². The quantitative estimate of drug-likeness (QED) is 0.707. The van der Waals surface area contributed by atoms with E-state index in [0.717, 1.165) is 5.56 Å². The van der Waals surface area contributed by atoms with Crippen LogP contribution in [0.5, 0.6) is 0 Å². The molecule has 0 spiro atoms. The fourth-order valence-corrected chi connectivity index (χ4v) is 2.78. The van der Waals surface area contributed by atoms with Crippen molar-refractivity contribution >= 4 is 11.8 Å². The van der Waals surface area contributed by atoms with Crippen LogP contribution in [0, 0.1) is 0 Å². The summed E-state index contributed by atoms with van der Waals surface area (Å²) in [7, 11) is 0. The number of carbonyl (C=O) groups excluding carboxylic acids is 2. The SMILES string of the molecule is C[C@@H]1O[C@@H](OCc2ccccc2)C[C@H](NC(=O)C(F)(F)F)[C@@H]1NC(=O)C(F)(F)F. The molecule has 0 unspecified atom stereocenters. The number of hydrogen-bond acceptors (Lipinski definition) is 4. The Hall–Kier alpha value is -2.34. The highest BCUT2D eigenvalue weighted by Crippen LogP contribution is 2.25. The largest absolute Gasteiger partial charge is 0.471 e. The zero-order chi connectivity index (χ0) is 21.8. The van der Waals surface area contributed by atoms with Crippen LogP contribution in [0.3, 0.4) is 0 Å². The number of benzene rings is 1. The van der Waals surface area contributed by atoms with Gasteiger partial charge in [0.05, 0.1) is 24.8 Å². The van der Waals surface area contributed by atoms with Crippen LogP contribution in [0.15, 0.2) is 30.3 Å². The average molecular weight is 428 g/mol. The van der Waals surface area contributed by atoms with Gasteiger partial charge in [-0.1, -0.05) is 30.3 Å². The van der Waals surface area contributed by atoms with Crippen LogP contribution in [0.25, 0.3) is 0 Å². The van der Waals surface area contributed by atoms with Crippen LogP contribution in [-0.4, -0.2) is 48.6 Å². The summed E-state index contributed by atoms with van der Waals surface area (Å²) < 4.78 is 86.3. The lowest BCUT2D eigenvalue weighted by Gasteiger charge is -2.41. The van der Waals surface area contributed by atoms with Gasteiger partial charge in [-0.2, -0.15) is 26.3 Å². The fourth-order valence-electron chi connectivity index (χ4n) is 2.78. The fraction of sp³-hybridized carbons (Fsp3) is 0.529. The van der Waals surface area contributed by atoms with E-state index in [4.69, 9.17) is 9.47 Å². The van der Waals surface area contributed by atoms with Crippen LogP contribution >= 0.6 is 0 Å². The Morgan fingerprint density at radius 2 is 1.59 bits per heavy atom. The molecule has 2 amide bonds. The molecule has 162 valence electrons. The topological polar surface area (TPSA) is 76.7 Å². The summed E-state index contributed by atoms with van der Waals surface area (Å²) in [5.74, 6) is -4.70. The molecule has 0 bridgehead atoms. The number of nitrogens with one attached hydrogen (secondary N) is 2. The van der Waals surface area contributed by atoms with E-state index in [2.05, 4.69) is 0 Å². The van der Waals surface area contributed by atoms with E-state index in [1.807, 2.05) is 0 Å². The van der Waals surface area contributed by atoms with Gasteiger partial charge in [0.25, 0.3) is 0 Å². The van der Waals surface area contributed by atoms with E-state index in [0.29, 0.717) is 0 Å². The van der Waals surface area contributed by atoms with Gasteiger partial charge in [-0.3, -0.25) is 9.59 Å². The minimum atomic E-state index is -5.25. The zero-order valence-electron chi connectivity index (χ0n) is 15.0. The number of ether oxygens (including phenoxy) is 2. The molecule has 1 aromatic carbocycles. The van der Waals surface area contributed by atoms with Crippen LogP contribution < -0.4 is 10.6 Å². The van der Waals surface area contributed by atoms with Gasteiger partial charge in [-0.05, 0) is 12.5 Å². The predicted molar refractivity (Wildman–Crippen MR) is 86.2 cm³/mol. The predicted octanol–water partition coefficient (Wildman–Crippen LogP) is 2.43. The molecule has 2 rings (SSSR count). The molecule has 29 heavy (non-hydrogen) atoms. The summed E-state index contributed by atoms with van der Waals surface area (Å²) in [6.07, 6.45) is -13.2. The smallest absolute Gasteiger partial charge is 0.348 e. The lowest BCUT2D eigenvalue weighted by molar-refractivity contribution is -0.215. The number of carbonyl (C=O) groups is 2. The lowest BCUT2D eigenvalue weighted by Crippen LogP contribution is -2.64. The van der Waals surface area contributed by atoms with Crippen molar-refractivity contribution in [2.75, 3.05) is 0 Å². The molecule has 0 radical (unpaired) electrons. The Morgan fingerprint density at radius 3 is 2.14 bits per heavy atom. The van der Waals surface area contributed by atoms with E-state index >= 15 is 0 Å². The number of rotatable bonds is 5. The molecule has 6 nitrogen and oxygen atoms in total. The minimum absolute atomic E-state index is 0.0255. The molecule has 1 aromatic rings. The number of amides is 2. The van der Waals surface area contributed by atoms with Crippen molar-refractivity contribution in [3.8, 4) is 0 Å². The van der Waals surface area contributed by atoms with Crippen molar-refractivity contribution in [2.24, 2.45) is 0 Å². The lowest BCUT2D eigenvalue weighted by atomic mass is 9.96. The van der Waals surface area contributed by atoms with Gasteiger partial charge in [0, 0.05) is 6.42 Å². The molecular weight excluding hydrogens is 410 g/mol. The highest BCUT2D eigenvalue weighted by Gasteiger charge is 2.47. The number of halogens is 6. The minimum Gasteiger partial charge on any atom is -0.348 e. The number of hydrogen-bond donors (Lipinski definition) is 2. The summed E-state index contributed by atoms with van der Waals surface area (Å²) in [4.78, 5) is 22.5. The Morgan fingerprint density at radius 1 is 1.03 bits per heavy atom. The normalized spacial score (nSPS) is 25.3. The maximum atomic E-state index is 12.6. The molecule has 12 heteroatoms. The van der Waals surface area contributed by atoms with Crippen LogP contribution in [0.2, 0.25) is 0 Å². The van der Waals surface area contributed by atoms with Crippen LogP contribution in [0.4, 0.5) is 26.3 Å². The van der Waals surface area contributed by atoms with Crippen LogP contribution in [-0.2, 0) is 25.7 Å². The van der Waals surface area contributed by atoms with Crippen LogP contribution in [0.1, 0.15) is 18.9 Å². The molecule has 2 N–H and O–H groups in total. The summed E-state index contributed by atoms with van der Waals surface area (Å²) >= 11 is 0. The molecule has 1 aliphatic rings. The first kappa shape index (κ1) is 22.9. The van der Waals surface area contributed by atoms with Gasteiger partial charge in [0.1, 0.15) is 0 Å². The summed E-state index contributed by atoms with van der Waals surface area (Å²) in [5.41, 5.74) is 0.729. The highest BCUT2D eigenvalue weighted by atomic mass is 19.4. The highest BCUT2D eigenvalue weighted by molar-refractivity contribution is 5.83. The first-order valence-corrected chi connectivity index (χ1v) is 8.44. The monoisotopic (exact) mass is 428 g/mol. The third-order valence-corrected chi connectivity index (χ3v) is 4.16. The van der Waals surface area contributed by atoms with Crippen molar-refractivity contribution in [3.63, 3.8) is 0 Å². The van der Waals surface area contributed by atoms with E-state index in [1.54, 1.807) is 41.0 Å².